The summed E-state index contributed by atoms with van der Waals surface area (Å²) in [5.74, 6) is 0. The van der Waals surface area contributed by atoms with Crippen LogP contribution in [0.1, 0.15) is 24.0 Å². The van der Waals surface area contributed by atoms with Crippen molar-refractivity contribution in [1.82, 2.24) is 9.55 Å². The van der Waals surface area contributed by atoms with Crippen LogP contribution >= 0.6 is 15.9 Å². The van der Waals surface area contributed by atoms with Crippen molar-refractivity contribution in [2.75, 3.05) is 5.33 Å². The fraction of sp³-hybridized carbons (Fsp3) is 0.500. The van der Waals surface area contributed by atoms with Crippen LogP contribution in [-0.2, 0) is 6.54 Å². The minimum absolute atomic E-state index is 0.492. The van der Waals surface area contributed by atoms with Crippen LogP contribution in [0.5, 0.6) is 0 Å². The number of hydrogen-bond acceptors (Lipinski definition) is 1. The normalized spacial score (nSPS) is 17.6. The molecule has 1 fully saturated rings. The molecule has 0 aliphatic heterocycles. The van der Waals surface area contributed by atoms with Crippen molar-refractivity contribution in [2.24, 2.45) is 5.41 Å². The Morgan fingerprint density at radius 1 is 1.29 bits per heavy atom. The highest BCUT2D eigenvalue weighted by atomic mass is 79.9. The first-order valence-electron chi connectivity index (χ1n) is 6.12. The van der Waals surface area contributed by atoms with Crippen LogP contribution in [0.4, 0.5) is 0 Å². The zero-order valence-electron chi connectivity index (χ0n) is 10.3. The molecule has 1 aliphatic carbocycles. The molecule has 1 aromatic heterocycles. The van der Waals surface area contributed by atoms with Crippen molar-refractivity contribution in [3.8, 4) is 0 Å². The molecule has 1 heterocycles. The number of halogens is 1. The number of hydrogen-bond donors (Lipinski definition) is 0. The van der Waals surface area contributed by atoms with Crippen LogP contribution in [-0.4, -0.2) is 14.9 Å². The number of alkyl halides is 1. The summed E-state index contributed by atoms with van der Waals surface area (Å²) in [7, 11) is 0. The van der Waals surface area contributed by atoms with Gasteiger partial charge >= 0.3 is 0 Å². The van der Waals surface area contributed by atoms with E-state index in [-0.39, 0.29) is 0 Å². The van der Waals surface area contributed by atoms with Crippen LogP contribution < -0.4 is 0 Å². The van der Waals surface area contributed by atoms with E-state index in [4.69, 9.17) is 0 Å². The van der Waals surface area contributed by atoms with Gasteiger partial charge in [-0.25, -0.2) is 4.98 Å². The van der Waals surface area contributed by atoms with Gasteiger partial charge < -0.3 is 4.57 Å². The first kappa shape index (κ1) is 11.3. The molecule has 0 saturated heterocycles. The Balaban J connectivity index is 2.03. The van der Waals surface area contributed by atoms with Gasteiger partial charge in [-0.1, -0.05) is 15.9 Å². The van der Waals surface area contributed by atoms with Gasteiger partial charge in [0.15, 0.2) is 0 Å². The molecule has 0 N–H and O–H groups in total. The highest BCUT2D eigenvalue weighted by molar-refractivity contribution is 9.09. The maximum Gasteiger partial charge on any atom is 0.0958 e. The van der Waals surface area contributed by atoms with Crippen LogP contribution in [0, 0.1) is 19.3 Å². The summed E-state index contributed by atoms with van der Waals surface area (Å²) in [6, 6.07) is 4.46. The van der Waals surface area contributed by atoms with E-state index in [1.807, 2.05) is 6.33 Å². The molecule has 3 heteroatoms. The van der Waals surface area contributed by atoms with E-state index in [0.717, 1.165) is 17.4 Å². The zero-order valence-corrected chi connectivity index (χ0v) is 11.9. The topological polar surface area (TPSA) is 17.8 Å². The summed E-state index contributed by atoms with van der Waals surface area (Å²) in [4.78, 5) is 4.51. The molecule has 0 atom stereocenters. The Labute approximate surface area is 110 Å². The van der Waals surface area contributed by atoms with Gasteiger partial charge in [0.2, 0.25) is 0 Å². The monoisotopic (exact) mass is 292 g/mol. The summed E-state index contributed by atoms with van der Waals surface area (Å²) in [6.45, 7) is 5.41. The molecule has 17 heavy (non-hydrogen) atoms. The summed E-state index contributed by atoms with van der Waals surface area (Å²) in [5.41, 5.74) is 5.57. The Morgan fingerprint density at radius 3 is 2.65 bits per heavy atom. The first-order chi connectivity index (χ1) is 8.13. The summed E-state index contributed by atoms with van der Waals surface area (Å²) < 4.78 is 2.32. The van der Waals surface area contributed by atoms with Gasteiger partial charge in [-0.05, 0) is 55.4 Å². The van der Waals surface area contributed by atoms with Gasteiger partial charge in [0.05, 0.1) is 17.4 Å². The molecule has 0 bridgehead atoms. The minimum Gasteiger partial charge on any atom is -0.330 e. The van der Waals surface area contributed by atoms with E-state index >= 15 is 0 Å². The third-order valence-electron chi connectivity index (χ3n) is 3.98. The summed E-state index contributed by atoms with van der Waals surface area (Å²) in [6.07, 6.45) is 4.66. The molecule has 1 aromatic carbocycles. The van der Waals surface area contributed by atoms with E-state index < -0.39 is 0 Å². The molecule has 1 saturated carbocycles. The molecule has 0 unspecified atom stereocenters. The molecular weight excluding hydrogens is 276 g/mol. The van der Waals surface area contributed by atoms with E-state index in [0.29, 0.717) is 5.41 Å². The number of imidazole rings is 1. The van der Waals surface area contributed by atoms with Crippen LogP contribution in [0.15, 0.2) is 18.5 Å². The maximum absolute atomic E-state index is 4.51. The second-order valence-corrected chi connectivity index (χ2v) is 5.99. The van der Waals surface area contributed by atoms with E-state index in [2.05, 4.69) is 51.5 Å². The molecule has 90 valence electrons. The number of benzene rings is 1. The van der Waals surface area contributed by atoms with Gasteiger partial charge in [-0.3, -0.25) is 0 Å². The fourth-order valence-electron chi connectivity index (χ4n) is 2.31. The van der Waals surface area contributed by atoms with E-state index in [1.165, 1.54) is 29.5 Å². The van der Waals surface area contributed by atoms with E-state index in [9.17, 15) is 0 Å². The number of rotatable bonds is 3. The van der Waals surface area contributed by atoms with E-state index in [1.54, 1.807) is 0 Å². The Bertz CT molecular complexity index is 567. The second kappa shape index (κ2) is 3.84. The van der Waals surface area contributed by atoms with Crippen molar-refractivity contribution in [3.05, 3.63) is 29.6 Å². The third-order valence-corrected chi connectivity index (χ3v) is 5.17. The van der Waals surface area contributed by atoms with Crippen molar-refractivity contribution >= 4 is 27.0 Å². The van der Waals surface area contributed by atoms with Crippen molar-refractivity contribution in [1.29, 1.82) is 0 Å². The lowest BCUT2D eigenvalue weighted by Gasteiger charge is -2.13. The largest absolute Gasteiger partial charge is 0.330 e. The van der Waals surface area contributed by atoms with Crippen LogP contribution in [0.3, 0.4) is 0 Å². The summed E-state index contributed by atoms with van der Waals surface area (Å²) in [5, 5.41) is 1.10. The maximum atomic E-state index is 4.51. The number of aromatic nitrogens is 2. The lowest BCUT2D eigenvalue weighted by molar-refractivity contribution is 0.484. The quantitative estimate of drug-likeness (QED) is 0.786. The molecule has 1 aliphatic rings. The van der Waals surface area contributed by atoms with Crippen molar-refractivity contribution in [3.63, 3.8) is 0 Å². The van der Waals surface area contributed by atoms with Crippen molar-refractivity contribution in [2.45, 2.75) is 33.2 Å². The number of nitrogens with zero attached hydrogens (tertiary/aromatic N) is 2. The SMILES string of the molecule is Cc1cc2ncn(CC3(CBr)CC3)c2cc1C. The molecule has 2 nitrogen and oxygen atoms in total. The van der Waals surface area contributed by atoms with Gasteiger partial charge in [0, 0.05) is 11.9 Å². The highest BCUT2D eigenvalue weighted by Crippen LogP contribution is 2.48. The Hall–Kier alpha value is -0.830. The number of fused-ring (bicyclic) bond motifs is 1. The smallest absolute Gasteiger partial charge is 0.0958 e. The summed E-state index contributed by atoms with van der Waals surface area (Å²) >= 11 is 3.64. The lowest BCUT2D eigenvalue weighted by Crippen LogP contribution is -2.12. The molecule has 0 amide bonds. The van der Waals surface area contributed by atoms with Gasteiger partial charge in [-0.15, -0.1) is 0 Å². The first-order valence-corrected chi connectivity index (χ1v) is 7.24. The highest BCUT2D eigenvalue weighted by Gasteiger charge is 2.41. The molecule has 0 radical (unpaired) electrons. The predicted molar refractivity (Wildman–Crippen MR) is 74.7 cm³/mol. The molecule has 0 spiro atoms. The van der Waals surface area contributed by atoms with Gasteiger partial charge in [-0.2, -0.15) is 0 Å². The average Bonchev–Trinajstić information content (AvgIpc) is 3.00. The zero-order chi connectivity index (χ0) is 12.0. The lowest BCUT2D eigenvalue weighted by atomic mass is 10.1. The average molecular weight is 293 g/mol. The number of aryl methyl sites for hydroxylation is 2. The Kier molecular flexibility index (Phi) is 2.54. The van der Waals surface area contributed by atoms with Crippen LogP contribution in [0.25, 0.3) is 11.0 Å². The van der Waals surface area contributed by atoms with Crippen molar-refractivity contribution < 1.29 is 0 Å². The standard InChI is InChI=1S/C14H17BrN2/c1-10-5-12-13(6-11(10)2)17(9-16-12)8-14(7-15)3-4-14/h5-6,9H,3-4,7-8H2,1-2H3. The van der Waals surface area contributed by atoms with Gasteiger partial charge in [0.25, 0.3) is 0 Å². The molecule has 3 rings (SSSR count). The third kappa shape index (κ3) is 1.90. The molecule has 2 aromatic rings. The second-order valence-electron chi connectivity index (χ2n) is 5.43. The van der Waals surface area contributed by atoms with Crippen LogP contribution in [0.2, 0.25) is 0 Å². The Morgan fingerprint density at radius 2 is 2.00 bits per heavy atom. The fourth-order valence-corrected chi connectivity index (χ4v) is 3.05. The predicted octanol–water partition coefficient (Wildman–Crippen LogP) is 3.83. The minimum atomic E-state index is 0.492. The molecular formula is C14H17BrN2. The van der Waals surface area contributed by atoms with Gasteiger partial charge in [0.1, 0.15) is 0 Å².